The molecule has 0 aliphatic rings. The van der Waals surface area contributed by atoms with E-state index < -0.39 is 0 Å². The normalized spacial score (nSPS) is 8.57. The van der Waals surface area contributed by atoms with Crippen molar-refractivity contribution in [1.29, 1.82) is 0 Å². The monoisotopic (exact) mass is 158 g/mol. The van der Waals surface area contributed by atoms with E-state index in [0.717, 1.165) is 4.46 Å². The van der Waals surface area contributed by atoms with Gasteiger partial charge in [-0.15, -0.1) is 0 Å². The first-order valence-corrected chi connectivity index (χ1v) is 2.82. The molecule has 0 aliphatic carbocycles. The van der Waals surface area contributed by atoms with Crippen LogP contribution in [0, 0.1) is 0 Å². The first-order chi connectivity index (χ1) is 3.39. The Morgan fingerprint density at radius 2 is 1.86 bits per heavy atom. The van der Waals surface area contributed by atoms with Gasteiger partial charge in [0.15, 0.2) is 0 Å². The second-order valence-electron chi connectivity index (χ2n) is 1.18. The van der Waals surface area contributed by atoms with Crippen LogP contribution in [0.25, 0.3) is 0 Å². The zero-order valence-corrected chi connectivity index (χ0v) is 5.38. The van der Waals surface area contributed by atoms with Gasteiger partial charge in [0.25, 0.3) is 0 Å². The van der Waals surface area contributed by atoms with Gasteiger partial charge in [0.05, 0.1) is 0 Å². The van der Waals surface area contributed by atoms with Gasteiger partial charge in [-0.1, -0.05) is 0 Å². The van der Waals surface area contributed by atoms with Crippen molar-refractivity contribution in [2.45, 2.75) is 0 Å². The molecule has 0 aliphatic heterocycles. The van der Waals surface area contributed by atoms with Crippen LogP contribution in [-0.2, 0) is 0 Å². The van der Waals surface area contributed by atoms with E-state index in [0.29, 0.717) is 0 Å². The molecule has 0 unspecified atom stereocenters. The summed E-state index contributed by atoms with van der Waals surface area (Å²) < 4.78 is 1.13. The molecule has 0 spiro atoms. The predicted molar refractivity (Wildman–Crippen MR) is 29.6 cm³/mol. The summed E-state index contributed by atoms with van der Waals surface area (Å²) in [5.74, 6) is 0. The van der Waals surface area contributed by atoms with Gasteiger partial charge in [-0.25, -0.2) is 0 Å². The van der Waals surface area contributed by atoms with E-state index in [1.807, 2.05) is 12.1 Å². The molecule has 7 heavy (non-hydrogen) atoms. The molecule has 1 aromatic rings. The van der Waals surface area contributed by atoms with Crippen molar-refractivity contribution in [3.63, 3.8) is 0 Å². The Hall–Kier alpha value is -0.331. The molecule has 0 bridgehead atoms. The summed E-state index contributed by atoms with van der Waals surface area (Å²) >= 11 is 2.86. The molecule has 2 heteroatoms. The van der Waals surface area contributed by atoms with Crippen LogP contribution in [-0.4, -0.2) is 21.0 Å². The van der Waals surface area contributed by atoms with E-state index in [4.69, 9.17) is 0 Å². The molecular formula is C5H4NSe-. The molecule has 0 saturated carbocycles. The summed E-state index contributed by atoms with van der Waals surface area (Å²) in [5, 5.41) is 0. The number of hydrogen-bond donors (Lipinski definition) is 0. The summed E-state index contributed by atoms with van der Waals surface area (Å²) in [4.78, 5) is 3.83. The standard InChI is InChI=1S/C5H5NSe/c7-5-1-3-6-4-2-5/h1-4H,(H,6,7)/p-1. The molecule has 0 amide bonds. The van der Waals surface area contributed by atoms with Crippen molar-refractivity contribution in [1.82, 2.24) is 4.98 Å². The maximum absolute atomic E-state index is 3.83. The molecule has 1 rings (SSSR count). The Morgan fingerprint density at radius 3 is 2.14 bits per heavy atom. The quantitative estimate of drug-likeness (QED) is 0.478. The first-order valence-electron chi connectivity index (χ1n) is 1.96. The van der Waals surface area contributed by atoms with Crippen LogP contribution >= 0.6 is 0 Å². The fourth-order valence-electron chi connectivity index (χ4n) is 0.338. The van der Waals surface area contributed by atoms with Crippen LogP contribution in [0.2, 0.25) is 0 Å². The van der Waals surface area contributed by atoms with Crippen molar-refractivity contribution in [2.75, 3.05) is 0 Å². The molecule has 0 fully saturated rings. The van der Waals surface area contributed by atoms with Crippen molar-refractivity contribution < 1.29 is 0 Å². The molecule has 0 aromatic carbocycles. The summed E-state index contributed by atoms with van der Waals surface area (Å²) in [7, 11) is 0. The van der Waals surface area contributed by atoms with Crippen molar-refractivity contribution >= 4 is 20.5 Å². The van der Waals surface area contributed by atoms with Crippen LogP contribution in [0.5, 0.6) is 0 Å². The van der Waals surface area contributed by atoms with Crippen LogP contribution < -0.4 is 4.46 Å². The van der Waals surface area contributed by atoms with Gasteiger partial charge in [-0.3, -0.25) is 0 Å². The first kappa shape index (κ1) is 4.82. The Kier molecular flexibility index (Phi) is 1.45. The SMILES string of the molecule is [Se-]c1ccncc1. The zero-order chi connectivity index (χ0) is 5.11. The van der Waals surface area contributed by atoms with Crippen molar-refractivity contribution in [3.05, 3.63) is 24.5 Å². The molecule has 0 N–H and O–H groups in total. The third-order valence-electron chi connectivity index (χ3n) is 0.650. The summed E-state index contributed by atoms with van der Waals surface area (Å²) in [5.41, 5.74) is 0. The molecule has 36 valence electrons. The molecule has 0 atom stereocenters. The maximum atomic E-state index is 3.83. The predicted octanol–water partition coefficient (Wildman–Crippen LogP) is -0.125. The minimum absolute atomic E-state index is 1.13. The fourth-order valence-corrected chi connectivity index (χ4v) is 0.594. The van der Waals surface area contributed by atoms with E-state index in [1.54, 1.807) is 12.4 Å². The third kappa shape index (κ3) is 1.30. The van der Waals surface area contributed by atoms with E-state index in [2.05, 4.69) is 21.0 Å². The molecule has 1 aromatic heterocycles. The zero-order valence-electron chi connectivity index (χ0n) is 3.66. The summed E-state index contributed by atoms with van der Waals surface area (Å²) in [6.07, 6.45) is 3.51. The number of pyridine rings is 1. The molecule has 0 radical (unpaired) electrons. The van der Waals surface area contributed by atoms with E-state index >= 15 is 0 Å². The van der Waals surface area contributed by atoms with Crippen LogP contribution in [0.3, 0.4) is 0 Å². The van der Waals surface area contributed by atoms with Gasteiger partial charge >= 0.3 is 50.0 Å². The van der Waals surface area contributed by atoms with Crippen LogP contribution in [0.4, 0.5) is 0 Å². The third-order valence-corrected chi connectivity index (χ3v) is 1.22. The Labute approximate surface area is 50.6 Å². The van der Waals surface area contributed by atoms with E-state index in [1.165, 1.54) is 0 Å². The van der Waals surface area contributed by atoms with Gasteiger partial charge in [0.2, 0.25) is 0 Å². The Balaban J connectivity index is 3.02. The van der Waals surface area contributed by atoms with Gasteiger partial charge in [-0.05, 0) is 0 Å². The van der Waals surface area contributed by atoms with Crippen LogP contribution in [0.15, 0.2) is 24.5 Å². The average Bonchev–Trinajstić information content (AvgIpc) is 1.69. The number of aromatic nitrogens is 1. The van der Waals surface area contributed by atoms with Gasteiger partial charge < -0.3 is 0 Å². The van der Waals surface area contributed by atoms with E-state index in [9.17, 15) is 0 Å². The number of nitrogens with zero attached hydrogens (tertiary/aromatic N) is 1. The topological polar surface area (TPSA) is 12.9 Å². The van der Waals surface area contributed by atoms with E-state index in [-0.39, 0.29) is 0 Å². The summed E-state index contributed by atoms with van der Waals surface area (Å²) in [6.45, 7) is 0. The van der Waals surface area contributed by atoms with Gasteiger partial charge in [-0.2, -0.15) is 0 Å². The van der Waals surface area contributed by atoms with Crippen molar-refractivity contribution in [3.8, 4) is 0 Å². The average molecular weight is 157 g/mol. The van der Waals surface area contributed by atoms with Gasteiger partial charge in [0.1, 0.15) is 0 Å². The number of hydrogen-bond acceptors (Lipinski definition) is 1. The molecule has 1 nitrogen and oxygen atoms in total. The fraction of sp³-hybridized carbons (Fsp3) is 0. The van der Waals surface area contributed by atoms with Gasteiger partial charge in [0, 0.05) is 0 Å². The van der Waals surface area contributed by atoms with Crippen LogP contribution in [0.1, 0.15) is 0 Å². The minimum atomic E-state index is 1.13. The Bertz CT molecular complexity index is 138. The van der Waals surface area contributed by atoms with Crippen molar-refractivity contribution in [2.24, 2.45) is 0 Å². The Morgan fingerprint density at radius 1 is 1.29 bits per heavy atom. The summed E-state index contributed by atoms with van der Waals surface area (Å²) in [6, 6.07) is 3.83. The molecular weight excluding hydrogens is 153 g/mol. The molecule has 1 heterocycles. The molecule has 0 saturated heterocycles. The second-order valence-corrected chi connectivity index (χ2v) is 2.17. The number of rotatable bonds is 0. The second kappa shape index (κ2) is 2.10.